The molecule has 0 aliphatic rings. The number of hydrogen-bond acceptors (Lipinski definition) is 3. The number of rotatable bonds is 4. The first-order chi connectivity index (χ1) is 8.27. The van der Waals surface area contributed by atoms with E-state index in [1.807, 2.05) is 0 Å². The van der Waals surface area contributed by atoms with E-state index in [1.54, 1.807) is 13.8 Å². The molecule has 0 unspecified atom stereocenters. The number of carbonyl (C=O) groups is 1. The molecule has 0 spiro atoms. The van der Waals surface area contributed by atoms with Gasteiger partial charge in [-0.1, -0.05) is 0 Å². The van der Waals surface area contributed by atoms with Crippen molar-refractivity contribution in [1.29, 1.82) is 0 Å². The molecule has 3 nitrogen and oxygen atoms in total. The molecule has 0 fully saturated rings. The summed E-state index contributed by atoms with van der Waals surface area (Å²) >= 11 is 0. The largest absolute Gasteiger partial charge is 0.468 e. The van der Waals surface area contributed by atoms with Gasteiger partial charge in [-0.25, -0.2) is 13.2 Å². The Labute approximate surface area is 103 Å². The molecule has 0 aromatic heterocycles. The number of carbonyl (C=O) groups excluding carboxylic acids is 1. The molecule has 0 bridgehead atoms. The highest BCUT2D eigenvalue weighted by molar-refractivity contribution is 5.79. The van der Waals surface area contributed by atoms with Crippen LogP contribution in [-0.2, 0) is 16.1 Å². The lowest BCUT2D eigenvalue weighted by atomic mass is 10.1. The number of hydrogen-bond donors (Lipinski definition) is 1. The van der Waals surface area contributed by atoms with Gasteiger partial charge in [0.1, 0.15) is 5.54 Å². The van der Waals surface area contributed by atoms with Crippen molar-refractivity contribution >= 4 is 5.97 Å². The third-order valence-electron chi connectivity index (χ3n) is 2.47. The Morgan fingerprint density at radius 1 is 1.28 bits per heavy atom. The maximum absolute atomic E-state index is 13.0. The molecule has 0 aliphatic carbocycles. The van der Waals surface area contributed by atoms with E-state index in [0.29, 0.717) is 0 Å². The molecule has 1 aromatic carbocycles. The van der Waals surface area contributed by atoms with Crippen LogP contribution < -0.4 is 5.32 Å². The van der Waals surface area contributed by atoms with Crippen LogP contribution >= 0.6 is 0 Å². The van der Waals surface area contributed by atoms with E-state index < -0.39 is 29.0 Å². The second-order valence-electron chi connectivity index (χ2n) is 4.34. The smallest absolute Gasteiger partial charge is 0.325 e. The number of nitrogens with one attached hydrogen (secondary N) is 1. The van der Waals surface area contributed by atoms with E-state index in [1.165, 1.54) is 7.11 Å². The van der Waals surface area contributed by atoms with E-state index in [-0.39, 0.29) is 12.1 Å². The van der Waals surface area contributed by atoms with Gasteiger partial charge in [0, 0.05) is 6.54 Å². The summed E-state index contributed by atoms with van der Waals surface area (Å²) in [6.07, 6.45) is 0. The van der Waals surface area contributed by atoms with Gasteiger partial charge in [0.2, 0.25) is 0 Å². The molecule has 0 aliphatic heterocycles. The van der Waals surface area contributed by atoms with Crippen molar-refractivity contribution in [3.8, 4) is 0 Å². The topological polar surface area (TPSA) is 38.3 Å². The van der Waals surface area contributed by atoms with Crippen LogP contribution in [0.4, 0.5) is 13.2 Å². The second-order valence-corrected chi connectivity index (χ2v) is 4.34. The number of halogens is 3. The van der Waals surface area contributed by atoms with Gasteiger partial charge < -0.3 is 4.74 Å². The van der Waals surface area contributed by atoms with E-state index >= 15 is 0 Å². The average molecular weight is 261 g/mol. The SMILES string of the molecule is COC(=O)C(C)(C)NCc1cc(F)c(F)c(F)c1. The van der Waals surface area contributed by atoms with Gasteiger partial charge >= 0.3 is 5.97 Å². The van der Waals surface area contributed by atoms with E-state index in [4.69, 9.17) is 0 Å². The molecule has 1 aromatic rings. The molecule has 100 valence electrons. The Kier molecular flexibility index (Phi) is 4.34. The monoisotopic (exact) mass is 261 g/mol. The van der Waals surface area contributed by atoms with E-state index in [9.17, 15) is 18.0 Å². The molecule has 0 atom stereocenters. The van der Waals surface area contributed by atoms with Crippen molar-refractivity contribution in [3.05, 3.63) is 35.1 Å². The minimum absolute atomic E-state index is 0.0101. The van der Waals surface area contributed by atoms with Crippen LogP contribution in [-0.4, -0.2) is 18.6 Å². The van der Waals surface area contributed by atoms with Gasteiger partial charge in [-0.05, 0) is 31.5 Å². The van der Waals surface area contributed by atoms with Crippen molar-refractivity contribution in [2.45, 2.75) is 25.9 Å². The van der Waals surface area contributed by atoms with Crippen LogP contribution in [0, 0.1) is 17.5 Å². The molecule has 18 heavy (non-hydrogen) atoms. The fourth-order valence-electron chi connectivity index (χ4n) is 1.36. The highest BCUT2D eigenvalue weighted by Gasteiger charge is 2.27. The summed E-state index contributed by atoms with van der Waals surface area (Å²) in [5.41, 5.74) is -0.806. The minimum Gasteiger partial charge on any atom is -0.468 e. The lowest BCUT2D eigenvalue weighted by molar-refractivity contribution is -0.147. The van der Waals surface area contributed by atoms with Crippen molar-refractivity contribution in [3.63, 3.8) is 0 Å². The van der Waals surface area contributed by atoms with Crippen molar-refractivity contribution in [2.75, 3.05) is 7.11 Å². The van der Waals surface area contributed by atoms with Crippen LogP contribution in [0.25, 0.3) is 0 Å². The summed E-state index contributed by atoms with van der Waals surface area (Å²) < 4.78 is 43.2. The Bertz CT molecular complexity index is 438. The standard InChI is InChI=1S/C12H14F3NO2/c1-12(2,11(17)18-3)16-6-7-4-8(13)10(15)9(14)5-7/h4-5,16H,6H2,1-3H3. The first-order valence-electron chi connectivity index (χ1n) is 5.25. The lowest BCUT2D eigenvalue weighted by Crippen LogP contribution is -2.47. The van der Waals surface area contributed by atoms with Crippen LogP contribution in [0.3, 0.4) is 0 Å². The van der Waals surface area contributed by atoms with Gasteiger partial charge in [-0.2, -0.15) is 0 Å². The average Bonchev–Trinajstić information content (AvgIpc) is 2.32. The molecule has 6 heteroatoms. The predicted octanol–water partition coefficient (Wildman–Crippen LogP) is 2.15. The molecular formula is C12H14F3NO2. The van der Waals surface area contributed by atoms with Crippen molar-refractivity contribution in [1.82, 2.24) is 5.32 Å². The second kappa shape index (κ2) is 5.39. The number of methoxy groups -OCH3 is 1. The van der Waals surface area contributed by atoms with Crippen LogP contribution in [0.5, 0.6) is 0 Å². The first-order valence-corrected chi connectivity index (χ1v) is 5.25. The van der Waals surface area contributed by atoms with Crippen LogP contribution in [0.1, 0.15) is 19.4 Å². The lowest BCUT2D eigenvalue weighted by Gasteiger charge is -2.23. The van der Waals surface area contributed by atoms with Gasteiger partial charge in [-0.3, -0.25) is 10.1 Å². The fraction of sp³-hybridized carbons (Fsp3) is 0.417. The molecule has 0 heterocycles. The van der Waals surface area contributed by atoms with Crippen LogP contribution in [0.15, 0.2) is 12.1 Å². The molecule has 1 rings (SSSR count). The van der Waals surface area contributed by atoms with Crippen LogP contribution in [0.2, 0.25) is 0 Å². The Balaban J connectivity index is 2.78. The van der Waals surface area contributed by atoms with E-state index in [0.717, 1.165) is 12.1 Å². The maximum Gasteiger partial charge on any atom is 0.325 e. The third kappa shape index (κ3) is 3.22. The molecule has 0 saturated heterocycles. The summed E-state index contributed by atoms with van der Waals surface area (Å²) in [4.78, 5) is 11.3. The minimum atomic E-state index is -1.51. The predicted molar refractivity (Wildman–Crippen MR) is 59.3 cm³/mol. The fourth-order valence-corrected chi connectivity index (χ4v) is 1.36. The molecule has 0 saturated carbocycles. The first kappa shape index (κ1) is 14.5. The summed E-state index contributed by atoms with van der Waals surface area (Å²) in [5, 5.41) is 2.77. The zero-order chi connectivity index (χ0) is 13.9. The molecule has 0 radical (unpaired) electrons. The zero-order valence-corrected chi connectivity index (χ0v) is 10.3. The summed E-state index contributed by atoms with van der Waals surface area (Å²) in [5.74, 6) is -4.54. The third-order valence-corrected chi connectivity index (χ3v) is 2.47. The van der Waals surface area contributed by atoms with Crippen molar-refractivity contribution in [2.24, 2.45) is 0 Å². The van der Waals surface area contributed by atoms with Gasteiger partial charge in [0.15, 0.2) is 17.5 Å². The normalized spacial score (nSPS) is 11.4. The van der Waals surface area contributed by atoms with Gasteiger partial charge in [-0.15, -0.1) is 0 Å². The van der Waals surface area contributed by atoms with Gasteiger partial charge in [0.05, 0.1) is 7.11 Å². The molecule has 0 amide bonds. The Morgan fingerprint density at radius 2 is 1.78 bits per heavy atom. The summed E-state index contributed by atoms with van der Waals surface area (Å²) in [6, 6.07) is 1.75. The molecular weight excluding hydrogens is 247 g/mol. The number of benzene rings is 1. The maximum atomic E-state index is 13.0. The number of ether oxygens (including phenoxy) is 1. The highest BCUT2D eigenvalue weighted by atomic mass is 19.2. The van der Waals surface area contributed by atoms with Gasteiger partial charge in [0.25, 0.3) is 0 Å². The van der Waals surface area contributed by atoms with E-state index in [2.05, 4.69) is 10.1 Å². The van der Waals surface area contributed by atoms with Crippen molar-refractivity contribution < 1.29 is 22.7 Å². The number of esters is 1. The Morgan fingerprint density at radius 3 is 2.22 bits per heavy atom. The summed E-state index contributed by atoms with van der Waals surface area (Å²) in [6.45, 7) is 3.14. The summed E-state index contributed by atoms with van der Waals surface area (Å²) in [7, 11) is 1.24. The zero-order valence-electron chi connectivity index (χ0n) is 10.3. The molecule has 1 N–H and O–H groups in total. The quantitative estimate of drug-likeness (QED) is 0.666. The Hall–Kier alpha value is -1.56. The highest BCUT2D eigenvalue weighted by Crippen LogP contribution is 2.14.